The summed E-state index contributed by atoms with van der Waals surface area (Å²) in [4.78, 5) is 10.3. The molecule has 2 fully saturated rings. The summed E-state index contributed by atoms with van der Waals surface area (Å²) in [5.41, 5.74) is 8.01. The van der Waals surface area contributed by atoms with Gasteiger partial charge in [-0.3, -0.25) is 0 Å². The van der Waals surface area contributed by atoms with Crippen molar-refractivity contribution in [3.8, 4) is 0 Å². The van der Waals surface area contributed by atoms with Crippen LogP contribution in [0.4, 0.5) is 4.79 Å². The Hall–Kier alpha value is -1.10. The molecule has 0 radical (unpaired) electrons. The highest BCUT2D eigenvalue weighted by molar-refractivity contribution is 5.92. The van der Waals surface area contributed by atoms with Crippen molar-refractivity contribution in [2.45, 2.75) is 31.5 Å². The van der Waals surface area contributed by atoms with E-state index in [-0.39, 0.29) is 6.10 Å². The number of hydrazone groups is 1. The molecule has 5 heteroatoms. The van der Waals surface area contributed by atoms with Crippen molar-refractivity contribution in [1.82, 2.24) is 5.43 Å². The predicted octanol–water partition coefficient (Wildman–Crippen LogP) is -0.0380. The number of nitrogens with two attached hydrogens (primary N) is 1. The van der Waals surface area contributed by atoms with Crippen LogP contribution in [0.25, 0.3) is 0 Å². The summed E-state index contributed by atoms with van der Waals surface area (Å²) in [5.74, 6) is 0. The lowest BCUT2D eigenvalue weighted by molar-refractivity contribution is 0.249. The fourth-order valence-corrected chi connectivity index (χ4v) is 1.53. The van der Waals surface area contributed by atoms with E-state index >= 15 is 0 Å². The van der Waals surface area contributed by atoms with Gasteiger partial charge in [0, 0.05) is 0 Å². The third-order valence-electron chi connectivity index (χ3n) is 2.14. The van der Waals surface area contributed by atoms with Crippen molar-refractivity contribution in [2.75, 3.05) is 0 Å². The molecule has 1 heterocycles. The molecule has 0 spiro atoms. The number of carbonyl (C=O) groups excluding carboxylic acids is 1. The van der Waals surface area contributed by atoms with Crippen molar-refractivity contribution in [1.29, 1.82) is 0 Å². The Morgan fingerprint density at radius 3 is 3.33 bits per heavy atom. The van der Waals surface area contributed by atoms with Gasteiger partial charge in [-0.2, -0.15) is 5.10 Å². The predicted molar refractivity (Wildman–Crippen MR) is 42.7 cm³/mol. The van der Waals surface area contributed by atoms with Crippen LogP contribution in [-0.2, 0) is 4.74 Å². The van der Waals surface area contributed by atoms with Crippen molar-refractivity contribution >= 4 is 11.7 Å². The zero-order valence-electron chi connectivity index (χ0n) is 6.62. The first-order chi connectivity index (χ1) is 5.77. The highest BCUT2D eigenvalue weighted by Crippen LogP contribution is 2.34. The number of amides is 2. The molecule has 2 atom stereocenters. The standard InChI is InChI=1S/C7H11N3O2/c8-7(11)10-9-4-2-1-3-5-6(4)12-5/h5-6H,1-3H2,(H3,8,10,11)/b9-4-. The maximum Gasteiger partial charge on any atom is 0.332 e. The summed E-state index contributed by atoms with van der Waals surface area (Å²) in [7, 11) is 0. The van der Waals surface area contributed by atoms with Crippen LogP contribution in [0.3, 0.4) is 0 Å². The second kappa shape index (κ2) is 2.75. The Balaban J connectivity index is 1.94. The lowest BCUT2D eigenvalue weighted by atomic mass is 9.99. The van der Waals surface area contributed by atoms with E-state index in [1.807, 2.05) is 0 Å². The van der Waals surface area contributed by atoms with Crippen molar-refractivity contribution < 1.29 is 9.53 Å². The summed E-state index contributed by atoms with van der Waals surface area (Å²) < 4.78 is 5.30. The van der Waals surface area contributed by atoms with Gasteiger partial charge in [0.2, 0.25) is 0 Å². The van der Waals surface area contributed by atoms with Crippen molar-refractivity contribution in [3.05, 3.63) is 0 Å². The van der Waals surface area contributed by atoms with Crippen LogP contribution in [0, 0.1) is 0 Å². The Morgan fingerprint density at radius 2 is 2.58 bits per heavy atom. The Bertz CT molecular complexity index is 239. The van der Waals surface area contributed by atoms with E-state index in [9.17, 15) is 4.79 Å². The van der Waals surface area contributed by atoms with Gasteiger partial charge >= 0.3 is 6.03 Å². The molecule has 0 aromatic carbocycles. The largest absolute Gasteiger partial charge is 0.363 e. The van der Waals surface area contributed by atoms with Gasteiger partial charge in [0.25, 0.3) is 0 Å². The van der Waals surface area contributed by atoms with E-state index in [1.165, 1.54) is 0 Å². The average Bonchev–Trinajstić information content (AvgIpc) is 2.78. The van der Waals surface area contributed by atoms with Gasteiger partial charge in [0.05, 0.1) is 11.8 Å². The van der Waals surface area contributed by atoms with Gasteiger partial charge in [0.1, 0.15) is 6.10 Å². The van der Waals surface area contributed by atoms with Gasteiger partial charge in [-0.1, -0.05) is 0 Å². The number of rotatable bonds is 1. The minimum absolute atomic E-state index is 0.158. The molecule has 1 saturated heterocycles. The Morgan fingerprint density at radius 1 is 1.75 bits per heavy atom. The van der Waals surface area contributed by atoms with E-state index in [0.29, 0.717) is 6.10 Å². The molecule has 1 saturated carbocycles. The number of nitrogens with zero attached hydrogens (tertiary/aromatic N) is 1. The van der Waals surface area contributed by atoms with Gasteiger partial charge in [-0.15, -0.1) is 0 Å². The summed E-state index contributed by atoms with van der Waals surface area (Å²) >= 11 is 0. The van der Waals surface area contributed by atoms with E-state index in [4.69, 9.17) is 10.5 Å². The molecule has 5 nitrogen and oxygen atoms in total. The molecule has 1 aliphatic heterocycles. The highest BCUT2D eigenvalue weighted by atomic mass is 16.6. The van der Waals surface area contributed by atoms with Crippen LogP contribution in [-0.4, -0.2) is 24.0 Å². The maximum atomic E-state index is 10.3. The normalized spacial score (nSPS) is 35.8. The molecule has 0 aromatic heterocycles. The summed E-state index contributed by atoms with van der Waals surface area (Å²) in [6.07, 6.45) is 3.61. The Labute approximate surface area is 69.9 Å². The Kier molecular flexibility index (Phi) is 1.73. The van der Waals surface area contributed by atoms with E-state index < -0.39 is 6.03 Å². The molecule has 2 rings (SSSR count). The van der Waals surface area contributed by atoms with Gasteiger partial charge in [-0.05, 0) is 19.3 Å². The molecule has 0 aromatic rings. The molecule has 66 valence electrons. The molecule has 2 unspecified atom stereocenters. The molecule has 12 heavy (non-hydrogen) atoms. The average molecular weight is 169 g/mol. The number of urea groups is 1. The molecule has 3 N–H and O–H groups in total. The van der Waals surface area contributed by atoms with Crippen molar-refractivity contribution in [3.63, 3.8) is 0 Å². The summed E-state index contributed by atoms with van der Waals surface area (Å²) in [6.45, 7) is 0. The fraction of sp³-hybridized carbons (Fsp3) is 0.714. The first kappa shape index (κ1) is 7.54. The van der Waals surface area contributed by atoms with Crippen LogP contribution >= 0.6 is 0 Å². The first-order valence-electron chi connectivity index (χ1n) is 4.05. The van der Waals surface area contributed by atoms with Gasteiger partial charge in [-0.25, -0.2) is 10.2 Å². The fourth-order valence-electron chi connectivity index (χ4n) is 1.53. The van der Waals surface area contributed by atoms with Crippen LogP contribution in [0.15, 0.2) is 5.10 Å². The monoisotopic (exact) mass is 169 g/mol. The lowest BCUT2D eigenvalue weighted by Crippen LogP contribution is -2.28. The second-order valence-electron chi connectivity index (χ2n) is 3.07. The number of hydrogen-bond donors (Lipinski definition) is 2. The molecule has 2 amide bonds. The number of carbonyl (C=O) groups is 1. The van der Waals surface area contributed by atoms with Gasteiger partial charge < -0.3 is 10.5 Å². The van der Waals surface area contributed by atoms with E-state index in [2.05, 4.69) is 10.5 Å². The number of primary amides is 1. The lowest BCUT2D eigenvalue weighted by Gasteiger charge is -2.06. The number of fused-ring (bicyclic) bond motifs is 1. The second-order valence-corrected chi connectivity index (χ2v) is 3.07. The van der Waals surface area contributed by atoms with Gasteiger partial charge in [0.15, 0.2) is 0 Å². The minimum Gasteiger partial charge on any atom is -0.363 e. The molecule has 1 aliphatic carbocycles. The zero-order valence-corrected chi connectivity index (χ0v) is 6.62. The summed E-state index contributed by atoms with van der Waals surface area (Å²) in [6, 6.07) is -0.620. The quantitative estimate of drug-likeness (QED) is 0.426. The molecule has 0 bridgehead atoms. The molecular formula is C7H11N3O2. The van der Waals surface area contributed by atoms with Crippen LogP contribution in [0.2, 0.25) is 0 Å². The number of hydrogen-bond acceptors (Lipinski definition) is 3. The summed E-state index contributed by atoms with van der Waals surface area (Å²) in [5, 5.41) is 3.87. The molecular weight excluding hydrogens is 158 g/mol. The highest BCUT2D eigenvalue weighted by Gasteiger charge is 2.45. The third-order valence-corrected chi connectivity index (χ3v) is 2.14. The van der Waals surface area contributed by atoms with Crippen LogP contribution in [0.5, 0.6) is 0 Å². The smallest absolute Gasteiger partial charge is 0.332 e. The minimum atomic E-state index is -0.620. The first-order valence-corrected chi connectivity index (χ1v) is 4.05. The van der Waals surface area contributed by atoms with E-state index in [0.717, 1.165) is 25.0 Å². The maximum absolute atomic E-state index is 10.3. The van der Waals surface area contributed by atoms with E-state index in [1.54, 1.807) is 0 Å². The SMILES string of the molecule is NC(=O)N/N=C1/CCCC2OC12. The van der Waals surface area contributed by atoms with Crippen LogP contribution in [0.1, 0.15) is 19.3 Å². The van der Waals surface area contributed by atoms with Crippen molar-refractivity contribution in [2.24, 2.45) is 10.8 Å². The topological polar surface area (TPSA) is 80.0 Å². The van der Waals surface area contributed by atoms with Crippen LogP contribution < -0.4 is 11.2 Å². The molecule has 2 aliphatic rings. The number of epoxide rings is 1. The third kappa shape index (κ3) is 1.40. The number of nitrogens with one attached hydrogen (secondary N) is 1. The zero-order chi connectivity index (χ0) is 8.55. The number of ether oxygens (including phenoxy) is 1.